The highest BCUT2D eigenvalue weighted by molar-refractivity contribution is 5.93. The van der Waals surface area contributed by atoms with Crippen LogP contribution in [0.4, 0.5) is 0 Å². The molecule has 1 aliphatic heterocycles. The standard InChI is InChI=1S/C14H21N5O2/c1-18-11(15-10-16-18)9-19-8-5-12(20)17-14(13(19)21)6-3-2-4-7-14/h10H,2-9H2,1H3,(H,17,20). The van der Waals surface area contributed by atoms with Crippen molar-refractivity contribution in [2.75, 3.05) is 6.54 Å². The zero-order chi connectivity index (χ0) is 14.9. The summed E-state index contributed by atoms with van der Waals surface area (Å²) in [5.41, 5.74) is -0.690. The van der Waals surface area contributed by atoms with E-state index in [9.17, 15) is 9.59 Å². The van der Waals surface area contributed by atoms with Crippen molar-refractivity contribution < 1.29 is 9.59 Å². The third-order valence-electron chi connectivity index (χ3n) is 4.53. The van der Waals surface area contributed by atoms with Gasteiger partial charge in [0.1, 0.15) is 17.7 Å². The Bertz CT molecular complexity index is 547. The molecule has 1 aromatic rings. The molecule has 1 aliphatic carbocycles. The van der Waals surface area contributed by atoms with E-state index < -0.39 is 5.54 Å². The Morgan fingerprint density at radius 3 is 2.71 bits per heavy atom. The lowest BCUT2D eigenvalue weighted by Crippen LogP contribution is -2.58. The molecule has 2 heterocycles. The first-order chi connectivity index (χ1) is 10.1. The molecule has 7 nitrogen and oxygen atoms in total. The summed E-state index contributed by atoms with van der Waals surface area (Å²) in [7, 11) is 1.81. The second-order valence-corrected chi connectivity index (χ2v) is 5.97. The van der Waals surface area contributed by atoms with Crippen molar-refractivity contribution in [3.63, 3.8) is 0 Å². The van der Waals surface area contributed by atoms with Crippen LogP contribution < -0.4 is 5.32 Å². The fourth-order valence-corrected chi connectivity index (χ4v) is 3.30. The quantitative estimate of drug-likeness (QED) is 0.853. The van der Waals surface area contributed by atoms with Crippen LogP contribution in [0.25, 0.3) is 0 Å². The summed E-state index contributed by atoms with van der Waals surface area (Å²) in [4.78, 5) is 30.9. The molecule has 1 spiro atoms. The Morgan fingerprint density at radius 1 is 1.29 bits per heavy atom. The first kappa shape index (κ1) is 14.0. The van der Waals surface area contributed by atoms with Crippen LogP contribution in [0.1, 0.15) is 44.3 Å². The van der Waals surface area contributed by atoms with E-state index in [0.717, 1.165) is 37.9 Å². The Balaban J connectivity index is 1.84. The van der Waals surface area contributed by atoms with E-state index in [1.165, 1.54) is 6.33 Å². The molecular formula is C14H21N5O2. The Kier molecular flexibility index (Phi) is 3.65. The van der Waals surface area contributed by atoms with Gasteiger partial charge in [-0.3, -0.25) is 14.3 Å². The van der Waals surface area contributed by atoms with Crippen molar-refractivity contribution >= 4 is 11.8 Å². The van der Waals surface area contributed by atoms with Crippen molar-refractivity contribution in [1.29, 1.82) is 0 Å². The molecule has 0 atom stereocenters. The number of aromatic nitrogens is 3. The summed E-state index contributed by atoms with van der Waals surface area (Å²) < 4.78 is 1.67. The fourth-order valence-electron chi connectivity index (χ4n) is 3.30. The number of aryl methyl sites for hydroxylation is 1. The largest absolute Gasteiger partial charge is 0.342 e. The lowest BCUT2D eigenvalue weighted by atomic mass is 9.80. The zero-order valence-electron chi connectivity index (χ0n) is 12.3. The smallest absolute Gasteiger partial charge is 0.248 e. The van der Waals surface area contributed by atoms with Crippen molar-refractivity contribution in [2.45, 2.75) is 50.6 Å². The summed E-state index contributed by atoms with van der Waals surface area (Å²) in [5, 5.41) is 7.03. The van der Waals surface area contributed by atoms with Crippen LogP contribution in [0.3, 0.4) is 0 Å². The number of nitrogens with one attached hydrogen (secondary N) is 1. The number of nitrogens with zero attached hydrogens (tertiary/aromatic N) is 4. The van der Waals surface area contributed by atoms with Crippen molar-refractivity contribution in [1.82, 2.24) is 25.0 Å². The van der Waals surface area contributed by atoms with Gasteiger partial charge in [0.05, 0.1) is 6.54 Å². The van der Waals surface area contributed by atoms with Crippen LogP contribution in [0.5, 0.6) is 0 Å². The lowest BCUT2D eigenvalue weighted by molar-refractivity contribution is -0.141. The average molecular weight is 291 g/mol. The second-order valence-electron chi connectivity index (χ2n) is 5.97. The van der Waals surface area contributed by atoms with Gasteiger partial charge in [0, 0.05) is 20.0 Å². The van der Waals surface area contributed by atoms with Gasteiger partial charge in [-0.05, 0) is 12.8 Å². The third-order valence-corrected chi connectivity index (χ3v) is 4.53. The number of hydrogen-bond acceptors (Lipinski definition) is 4. The maximum atomic E-state index is 13.0. The summed E-state index contributed by atoms with van der Waals surface area (Å²) in [6.45, 7) is 0.852. The van der Waals surface area contributed by atoms with Gasteiger partial charge in [-0.1, -0.05) is 19.3 Å². The average Bonchev–Trinajstić information content (AvgIpc) is 2.84. The molecule has 2 aliphatic rings. The molecule has 0 radical (unpaired) electrons. The number of carbonyl (C=O) groups is 2. The van der Waals surface area contributed by atoms with E-state index in [2.05, 4.69) is 15.4 Å². The van der Waals surface area contributed by atoms with E-state index in [1.807, 2.05) is 7.05 Å². The lowest BCUT2D eigenvalue weighted by Gasteiger charge is -2.37. The Morgan fingerprint density at radius 2 is 2.05 bits per heavy atom. The molecular weight excluding hydrogens is 270 g/mol. The first-order valence-electron chi connectivity index (χ1n) is 7.54. The first-order valence-corrected chi connectivity index (χ1v) is 7.54. The maximum absolute atomic E-state index is 13.0. The van der Waals surface area contributed by atoms with Gasteiger partial charge in [0.25, 0.3) is 0 Å². The molecule has 0 bridgehead atoms. The van der Waals surface area contributed by atoms with Crippen molar-refractivity contribution in [2.24, 2.45) is 7.05 Å². The number of carbonyl (C=O) groups excluding carboxylic acids is 2. The molecule has 1 saturated heterocycles. The molecule has 1 saturated carbocycles. The van der Waals surface area contributed by atoms with E-state index in [0.29, 0.717) is 19.5 Å². The van der Waals surface area contributed by atoms with E-state index in [1.54, 1.807) is 9.58 Å². The Labute approximate surface area is 123 Å². The maximum Gasteiger partial charge on any atom is 0.248 e. The summed E-state index contributed by atoms with van der Waals surface area (Å²) in [5.74, 6) is 0.755. The molecule has 2 fully saturated rings. The van der Waals surface area contributed by atoms with Crippen LogP contribution in [-0.4, -0.2) is 43.6 Å². The summed E-state index contributed by atoms with van der Waals surface area (Å²) >= 11 is 0. The zero-order valence-corrected chi connectivity index (χ0v) is 12.3. The topological polar surface area (TPSA) is 80.1 Å². The number of rotatable bonds is 2. The van der Waals surface area contributed by atoms with Crippen molar-refractivity contribution in [3.8, 4) is 0 Å². The molecule has 1 aromatic heterocycles. The van der Waals surface area contributed by atoms with Gasteiger partial charge < -0.3 is 10.2 Å². The monoisotopic (exact) mass is 291 g/mol. The van der Waals surface area contributed by atoms with Crippen LogP contribution in [-0.2, 0) is 23.2 Å². The van der Waals surface area contributed by atoms with E-state index >= 15 is 0 Å². The van der Waals surface area contributed by atoms with E-state index in [4.69, 9.17) is 0 Å². The second kappa shape index (κ2) is 5.46. The molecule has 0 unspecified atom stereocenters. The van der Waals surface area contributed by atoms with E-state index in [-0.39, 0.29) is 11.8 Å². The highest BCUT2D eigenvalue weighted by atomic mass is 16.2. The van der Waals surface area contributed by atoms with Crippen LogP contribution in [0.15, 0.2) is 6.33 Å². The minimum atomic E-state index is -0.690. The highest BCUT2D eigenvalue weighted by Crippen LogP contribution is 2.31. The van der Waals surface area contributed by atoms with Crippen LogP contribution in [0, 0.1) is 0 Å². The molecule has 0 aromatic carbocycles. The van der Waals surface area contributed by atoms with Gasteiger partial charge in [0.15, 0.2) is 0 Å². The molecule has 114 valence electrons. The molecule has 21 heavy (non-hydrogen) atoms. The SMILES string of the molecule is Cn1ncnc1CN1CCC(=O)NC2(CCCCC2)C1=O. The summed E-state index contributed by atoms with van der Waals surface area (Å²) in [6.07, 6.45) is 6.43. The van der Waals surface area contributed by atoms with Gasteiger partial charge in [-0.2, -0.15) is 5.10 Å². The minimum Gasteiger partial charge on any atom is -0.342 e. The third kappa shape index (κ3) is 2.64. The highest BCUT2D eigenvalue weighted by Gasteiger charge is 2.45. The molecule has 2 amide bonds. The molecule has 1 N–H and O–H groups in total. The fraction of sp³-hybridized carbons (Fsp3) is 0.714. The predicted octanol–water partition coefficient (Wildman–Crippen LogP) is 0.366. The van der Waals surface area contributed by atoms with Gasteiger partial charge in [-0.15, -0.1) is 0 Å². The molecule has 7 heteroatoms. The Hall–Kier alpha value is -1.92. The normalized spacial score (nSPS) is 22.2. The van der Waals surface area contributed by atoms with Crippen LogP contribution >= 0.6 is 0 Å². The molecule has 3 rings (SSSR count). The predicted molar refractivity (Wildman–Crippen MR) is 75.0 cm³/mol. The van der Waals surface area contributed by atoms with Gasteiger partial charge in [-0.25, -0.2) is 4.98 Å². The summed E-state index contributed by atoms with van der Waals surface area (Å²) in [6, 6.07) is 0. The van der Waals surface area contributed by atoms with Gasteiger partial charge >= 0.3 is 0 Å². The van der Waals surface area contributed by atoms with Crippen molar-refractivity contribution in [3.05, 3.63) is 12.2 Å². The minimum absolute atomic E-state index is 0.0225. The van der Waals surface area contributed by atoms with Gasteiger partial charge in [0.2, 0.25) is 11.8 Å². The number of hydrogen-bond donors (Lipinski definition) is 1. The number of amides is 2. The van der Waals surface area contributed by atoms with Crippen LogP contribution in [0.2, 0.25) is 0 Å².